The van der Waals surface area contributed by atoms with Crippen LogP contribution < -0.4 is 5.32 Å². The molecule has 0 fully saturated rings. The highest BCUT2D eigenvalue weighted by molar-refractivity contribution is 6.30. The molecule has 2 unspecified atom stereocenters. The molecule has 0 bridgehead atoms. The fourth-order valence-corrected chi connectivity index (χ4v) is 1.43. The number of aliphatic carboxylic acids is 1. The summed E-state index contributed by atoms with van der Waals surface area (Å²) in [5.74, 6) is -0.949. The summed E-state index contributed by atoms with van der Waals surface area (Å²) in [6, 6.07) is 6.46. The van der Waals surface area contributed by atoms with E-state index in [1.54, 1.807) is 31.2 Å². The molecule has 0 aliphatic rings. The average Bonchev–Trinajstić information content (AvgIpc) is 2.26. The molecule has 3 N–H and O–H groups in total. The summed E-state index contributed by atoms with van der Waals surface area (Å²) in [7, 11) is 0. The Bertz CT molecular complexity index is 353. The molecule has 1 rings (SSSR count). The average molecular weight is 244 g/mol. The lowest BCUT2D eigenvalue weighted by Crippen LogP contribution is -2.35. The molecule has 4 nitrogen and oxygen atoms in total. The van der Waals surface area contributed by atoms with Gasteiger partial charge >= 0.3 is 5.97 Å². The Balaban J connectivity index is 2.59. The third-order valence-corrected chi connectivity index (χ3v) is 2.51. The number of benzene rings is 1. The van der Waals surface area contributed by atoms with Gasteiger partial charge in [-0.2, -0.15) is 0 Å². The van der Waals surface area contributed by atoms with Gasteiger partial charge in [-0.15, -0.1) is 0 Å². The molecule has 1 aromatic rings. The number of halogens is 1. The minimum Gasteiger partial charge on any atom is -0.480 e. The molecule has 0 saturated heterocycles. The van der Waals surface area contributed by atoms with Gasteiger partial charge in [-0.3, -0.25) is 4.79 Å². The molecule has 16 heavy (non-hydrogen) atoms. The Labute approximate surface area is 98.9 Å². The summed E-state index contributed by atoms with van der Waals surface area (Å²) >= 11 is 5.72. The standard InChI is InChI=1S/C11H14ClNO3/c1-7(13-6-10(14)15)11(16)8-2-4-9(12)5-3-8/h2-5,7,11,13,16H,6H2,1H3,(H,14,15). The third-order valence-electron chi connectivity index (χ3n) is 2.26. The molecule has 0 aromatic heterocycles. The molecule has 2 atom stereocenters. The molecular formula is C11H14ClNO3. The van der Waals surface area contributed by atoms with Gasteiger partial charge in [0.1, 0.15) is 0 Å². The van der Waals surface area contributed by atoms with Gasteiger partial charge in [0.05, 0.1) is 12.6 Å². The second-order valence-corrected chi connectivity index (χ2v) is 4.00. The van der Waals surface area contributed by atoms with Crippen molar-refractivity contribution in [1.29, 1.82) is 0 Å². The maximum Gasteiger partial charge on any atom is 0.317 e. The number of carboxylic acids is 1. The van der Waals surface area contributed by atoms with Gasteiger partial charge in [0.15, 0.2) is 0 Å². The normalized spacial score (nSPS) is 14.4. The number of carbonyl (C=O) groups is 1. The lowest BCUT2D eigenvalue weighted by atomic mass is 10.0. The van der Waals surface area contributed by atoms with E-state index in [0.29, 0.717) is 10.6 Å². The van der Waals surface area contributed by atoms with Crippen molar-refractivity contribution in [3.05, 3.63) is 34.9 Å². The first kappa shape index (κ1) is 13.0. The monoisotopic (exact) mass is 243 g/mol. The highest BCUT2D eigenvalue weighted by Crippen LogP contribution is 2.18. The topological polar surface area (TPSA) is 69.6 Å². The van der Waals surface area contributed by atoms with Crippen molar-refractivity contribution in [2.45, 2.75) is 19.1 Å². The molecule has 0 aliphatic heterocycles. The van der Waals surface area contributed by atoms with Crippen LogP contribution in [0.3, 0.4) is 0 Å². The summed E-state index contributed by atoms with van der Waals surface area (Å²) in [6.45, 7) is 1.55. The zero-order chi connectivity index (χ0) is 12.1. The van der Waals surface area contributed by atoms with E-state index in [4.69, 9.17) is 16.7 Å². The van der Waals surface area contributed by atoms with Crippen molar-refractivity contribution in [3.8, 4) is 0 Å². The number of aliphatic hydroxyl groups excluding tert-OH is 1. The minimum absolute atomic E-state index is 0.175. The maximum absolute atomic E-state index is 10.3. The fourth-order valence-electron chi connectivity index (χ4n) is 1.31. The molecule has 1 aromatic carbocycles. The lowest BCUT2D eigenvalue weighted by Gasteiger charge is -2.19. The first-order valence-corrected chi connectivity index (χ1v) is 5.27. The van der Waals surface area contributed by atoms with E-state index in [2.05, 4.69) is 5.32 Å². The van der Waals surface area contributed by atoms with Crippen molar-refractivity contribution in [1.82, 2.24) is 5.32 Å². The first-order chi connectivity index (χ1) is 7.50. The molecule has 0 saturated carbocycles. The van der Waals surface area contributed by atoms with Crippen LogP contribution in [0.1, 0.15) is 18.6 Å². The molecule has 0 heterocycles. The Morgan fingerprint density at radius 3 is 2.50 bits per heavy atom. The smallest absolute Gasteiger partial charge is 0.317 e. The van der Waals surface area contributed by atoms with E-state index >= 15 is 0 Å². The zero-order valence-electron chi connectivity index (χ0n) is 8.85. The number of hydrogen-bond acceptors (Lipinski definition) is 3. The van der Waals surface area contributed by atoms with Crippen molar-refractivity contribution >= 4 is 17.6 Å². The Morgan fingerprint density at radius 2 is 2.00 bits per heavy atom. The number of rotatable bonds is 5. The number of hydrogen-bond donors (Lipinski definition) is 3. The second-order valence-electron chi connectivity index (χ2n) is 3.56. The van der Waals surface area contributed by atoms with Crippen LogP contribution in [-0.4, -0.2) is 28.8 Å². The van der Waals surface area contributed by atoms with Crippen LogP contribution in [-0.2, 0) is 4.79 Å². The number of nitrogens with one attached hydrogen (secondary N) is 1. The molecule has 5 heteroatoms. The molecule has 88 valence electrons. The van der Waals surface area contributed by atoms with Crippen LogP contribution in [0.2, 0.25) is 5.02 Å². The van der Waals surface area contributed by atoms with E-state index < -0.39 is 12.1 Å². The highest BCUT2D eigenvalue weighted by Gasteiger charge is 2.16. The van der Waals surface area contributed by atoms with Gasteiger partial charge in [-0.1, -0.05) is 23.7 Å². The third kappa shape index (κ3) is 3.81. The first-order valence-electron chi connectivity index (χ1n) is 4.89. The number of aliphatic hydroxyl groups is 1. The van der Waals surface area contributed by atoms with Crippen molar-refractivity contribution in [2.24, 2.45) is 0 Å². The van der Waals surface area contributed by atoms with Crippen LogP contribution in [0.4, 0.5) is 0 Å². The minimum atomic E-state index is -0.949. The van der Waals surface area contributed by atoms with Gasteiger partial charge in [-0.05, 0) is 24.6 Å². The molecular weight excluding hydrogens is 230 g/mol. The van der Waals surface area contributed by atoms with Crippen LogP contribution in [0, 0.1) is 0 Å². The largest absolute Gasteiger partial charge is 0.480 e. The van der Waals surface area contributed by atoms with Gasteiger partial charge < -0.3 is 15.5 Å². The second kappa shape index (κ2) is 5.84. The van der Waals surface area contributed by atoms with Gasteiger partial charge in [0.25, 0.3) is 0 Å². The van der Waals surface area contributed by atoms with E-state index in [1.807, 2.05) is 0 Å². The summed E-state index contributed by atoms with van der Waals surface area (Å²) in [4.78, 5) is 10.3. The summed E-state index contributed by atoms with van der Waals surface area (Å²) < 4.78 is 0. The van der Waals surface area contributed by atoms with E-state index in [1.165, 1.54) is 0 Å². The van der Waals surface area contributed by atoms with Gasteiger partial charge in [0.2, 0.25) is 0 Å². The molecule has 0 amide bonds. The van der Waals surface area contributed by atoms with Crippen LogP contribution in [0.5, 0.6) is 0 Å². The van der Waals surface area contributed by atoms with Crippen molar-refractivity contribution in [2.75, 3.05) is 6.54 Å². The van der Waals surface area contributed by atoms with Crippen LogP contribution in [0.25, 0.3) is 0 Å². The quantitative estimate of drug-likeness (QED) is 0.732. The maximum atomic E-state index is 10.3. The molecule has 0 aliphatic carbocycles. The highest BCUT2D eigenvalue weighted by atomic mass is 35.5. The predicted octanol–water partition coefficient (Wildman–Crippen LogP) is 1.44. The van der Waals surface area contributed by atoms with Gasteiger partial charge in [0, 0.05) is 11.1 Å². The summed E-state index contributed by atoms with van der Waals surface area (Å²) in [6.07, 6.45) is -0.753. The predicted molar refractivity (Wildman–Crippen MR) is 61.5 cm³/mol. The van der Waals surface area contributed by atoms with E-state index in [9.17, 15) is 9.90 Å². The molecule has 0 spiro atoms. The Hall–Kier alpha value is -1.10. The Morgan fingerprint density at radius 1 is 1.44 bits per heavy atom. The van der Waals surface area contributed by atoms with E-state index in [-0.39, 0.29) is 12.6 Å². The lowest BCUT2D eigenvalue weighted by molar-refractivity contribution is -0.136. The zero-order valence-corrected chi connectivity index (χ0v) is 9.61. The van der Waals surface area contributed by atoms with Crippen molar-refractivity contribution < 1.29 is 15.0 Å². The van der Waals surface area contributed by atoms with Crippen LogP contribution >= 0.6 is 11.6 Å². The fraction of sp³-hybridized carbons (Fsp3) is 0.364. The van der Waals surface area contributed by atoms with Crippen molar-refractivity contribution in [3.63, 3.8) is 0 Å². The molecule has 0 radical (unpaired) electrons. The Kier molecular flexibility index (Phi) is 4.73. The number of carboxylic acid groups (broad SMARTS) is 1. The summed E-state index contributed by atoms with van der Waals surface area (Å²) in [5.41, 5.74) is 0.704. The summed E-state index contributed by atoms with van der Waals surface area (Å²) in [5, 5.41) is 21.7. The van der Waals surface area contributed by atoms with Gasteiger partial charge in [-0.25, -0.2) is 0 Å². The SMILES string of the molecule is CC(NCC(=O)O)C(O)c1ccc(Cl)cc1. The van der Waals surface area contributed by atoms with Crippen LogP contribution in [0.15, 0.2) is 24.3 Å². The van der Waals surface area contributed by atoms with E-state index in [0.717, 1.165) is 0 Å².